The van der Waals surface area contributed by atoms with Crippen LogP contribution in [0.4, 0.5) is 10.2 Å². The molecule has 2 N–H and O–H groups in total. The molecule has 2 aromatic heterocycles. The number of pyridine rings is 1. The van der Waals surface area contributed by atoms with Crippen molar-refractivity contribution in [3.63, 3.8) is 0 Å². The number of nitrogens with zero attached hydrogens (tertiary/aromatic N) is 5. The van der Waals surface area contributed by atoms with Gasteiger partial charge in [-0.2, -0.15) is 9.97 Å². The van der Waals surface area contributed by atoms with Gasteiger partial charge >= 0.3 is 6.01 Å². The number of phenolic OH excluding ortho intramolecular Hbond substituents is 1. The molecule has 8 nitrogen and oxygen atoms in total. The predicted molar refractivity (Wildman–Crippen MR) is 172 cm³/mol. The highest BCUT2D eigenvalue weighted by molar-refractivity contribution is 6.02. The lowest BCUT2D eigenvalue weighted by atomic mass is 9.94. The van der Waals surface area contributed by atoms with Crippen molar-refractivity contribution in [2.45, 2.75) is 68.1 Å². The molecule has 5 fully saturated rings. The maximum atomic E-state index is 16.9. The molecule has 45 heavy (non-hydrogen) atoms. The van der Waals surface area contributed by atoms with Gasteiger partial charge in [0.05, 0.1) is 10.9 Å². The molecule has 6 heterocycles. The van der Waals surface area contributed by atoms with Crippen molar-refractivity contribution in [3.05, 3.63) is 60.1 Å². The molecular weight excluding hydrogens is 567 g/mol. The van der Waals surface area contributed by atoms with Crippen LogP contribution in [0.5, 0.6) is 11.8 Å². The quantitative estimate of drug-likeness (QED) is 0.235. The van der Waals surface area contributed by atoms with Crippen molar-refractivity contribution >= 4 is 27.5 Å². The maximum Gasteiger partial charge on any atom is 0.319 e. The molecule has 9 heteroatoms. The zero-order valence-electron chi connectivity index (χ0n) is 25.2. The van der Waals surface area contributed by atoms with Crippen LogP contribution in [-0.4, -0.2) is 74.4 Å². The zero-order valence-corrected chi connectivity index (χ0v) is 25.2. The van der Waals surface area contributed by atoms with Crippen LogP contribution in [0.3, 0.4) is 0 Å². The molecule has 228 valence electrons. The second-order valence-corrected chi connectivity index (χ2v) is 13.8. The standard InChI is InChI=1S/C36H35FN6O2/c1-3-22-5-4-6-23-13-26(44)14-27(29(22)23)31-30(37)32-28(16-38-31)33(42-18-24-7-8-25(19-42)39-24)41-34(40-32)45-20-36-12-11-35(9-10-35)43(36)17-21(2)15-36/h1,4-6,13-14,16,24-25,39,44H,2,7-12,15,17-20H2/t24-,25+,36?. The molecule has 1 unspecified atom stereocenters. The second-order valence-electron chi connectivity index (χ2n) is 13.8. The van der Waals surface area contributed by atoms with E-state index in [1.54, 1.807) is 12.3 Å². The number of hydrogen-bond donors (Lipinski definition) is 2. The van der Waals surface area contributed by atoms with Crippen LogP contribution in [0.15, 0.2) is 48.7 Å². The first-order valence-corrected chi connectivity index (χ1v) is 16.0. The van der Waals surface area contributed by atoms with Crippen LogP contribution in [0.2, 0.25) is 0 Å². The van der Waals surface area contributed by atoms with Gasteiger partial charge in [0, 0.05) is 60.0 Å². The fourth-order valence-electron chi connectivity index (χ4n) is 8.77. The number of rotatable bonds is 5. The third-order valence-corrected chi connectivity index (χ3v) is 11.0. The third kappa shape index (κ3) is 4.15. The number of ether oxygens (including phenoxy) is 1. The van der Waals surface area contributed by atoms with Crippen molar-refractivity contribution in [2.75, 3.05) is 31.1 Å². The number of anilines is 1. The molecule has 4 aromatic rings. The number of benzene rings is 2. The van der Waals surface area contributed by atoms with Gasteiger partial charge in [-0.1, -0.05) is 30.2 Å². The van der Waals surface area contributed by atoms with Gasteiger partial charge in [0.15, 0.2) is 5.82 Å². The molecule has 1 saturated carbocycles. The number of fused-ring (bicyclic) bond motifs is 6. The minimum Gasteiger partial charge on any atom is -0.508 e. The van der Waals surface area contributed by atoms with Crippen molar-refractivity contribution in [3.8, 4) is 35.4 Å². The van der Waals surface area contributed by atoms with Gasteiger partial charge in [0.25, 0.3) is 0 Å². The minimum atomic E-state index is -0.593. The highest BCUT2D eigenvalue weighted by Gasteiger charge is 2.63. The Morgan fingerprint density at radius 2 is 1.93 bits per heavy atom. The van der Waals surface area contributed by atoms with Crippen molar-refractivity contribution in [1.29, 1.82) is 0 Å². The van der Waals surface area contributed by atoms with Crippen LogP contribution in [0.1, 0.15) is 50.5 Å². The molecule has 0 amide bonds. The Labute approximate surface area is 261 Å². The number of halogens is 1. The molecule has 5 aliphatic rings. The number of phenols is 1. The first kappa shape index (κ1) is 27.1. The van der Waals surface area contributed by atoms with E-state index in [1.165, 1.54) is 30.9 Å². The van der Waals surface area contributed by atoms with E-state index < -0.39 is 5.82 Å². The van der Waals surface area contributed by atoms with Crippen molar-refractivity contribution < 1.29 is 14.2 Å². The number of nitrogens with one attached hydrogen (secondary N) is 1. The van der Waals surface area contributed by atoms with E-state index in [0.29, 0.717) is 57.3 Å². The predicted octanol–water partition coefficient (Wildman–Crippen LogP) is 5.32. The number of hydrogen-bond acceptors (Lipinski definition) is 8. The van der Waals surface area contributed by atoms with Crippen molar-refractivity contribution in [1.82, 2.24) is 25.2 Å². The summed E-state index contributed by atoms with van der Waals surface area (Å²) in [4.78, 5) is 19.2. The fourth-order valence-corrected chi connectivity index (χ4v) is 8.77. The van der Waals surface area contributed by atoms with E-state index in [9.17, 15) is 5.11 Å². The summed E-state index contributed by atoms with van der Waals surface area (Å²) < 4.78 is 23.4. The molecule has 2 aromatic carbocycles. The number of terminal acetylenes is 1. The summed E-state index contributed by atoms with van der Waals surface area (Å²) >= 11 is 0. The summed E-state index contributed by atoms with van der Waals surface area (Å²) in [5.74, 6) is 2.76. The van der Waals surface area contributed by atoms with Gasteiger partial charge < -0.3 is 20.1 Å². The Morgan fingerprint density at radius 3 is 2.71 bits per heavy atom. The molecule has 9 rings (SSSR count). The van der Waals surface area contributed by atoms with E-state index >= 15 is 4.39 Å². The average Bonchev–Trinajstić information content (AvgIpc) is 3.55. The van der Waals surface area contributed by atoms with E-state index in [-0.39, 0.29) is 28.5 Å². The van der Waals surface area contributed by atoms with Gasteiger partial charge in [-0.05, 0) is 68.5 Å². The highest BCUT2D eigenvalue weighted by Crippen LogP contribution is 2.59. The molecule has 4 saturated heterocycles. The smallest absolute Gasteiger partial charge is 0.319 e. The van der Waals surface area contributed by atoms with Gasteiger partial charge in [0.2, 0.25) is 0 Å². The summed E-state index contributed by atoms with van der Waals surface area (Å²) in [6.45, 7) is 7.23. The second kappa shape index (κ2) is 9.62. The molecule has 1 spiro atoms. The summed E-state index contributed by atoms with van der Waals surface area (Å²) in [7, 11) is 0. The van der Waals surface area contributed by atoms with Crippen LogP contribution in [0.25, 0.3) is 32.9 Å². The van der Waals surface area contributed by atoms with Crippen LogP contribution < -0.4 is 15.0 Å². The maximum absolute atomic E-state index is 16.9. The van der Waals surface area contributed by atoms with E-state index in [1.807, 2.05) is 18.2 Å². The lowest BCUT2D eigenvalue weighted by molar-refractivity contribution is 0.0774. The molecular formula is C36H35FN6O2. The van der Waals surface area contributed by atoms with E-state index in [2.05, 4.69) is 32.6 Å². The molecule has 0 radical (unpaired) electrons. The monoisotopic (exact) mass is 602 g/mol. The number of piperazine rings is 1. The van der Waals surface area contributed by atoms with E-state index in [4.69, 9.17) is 21.1 Å². The fraction of sp³-hybridized carbons (Fsp3) is 0.417. The van der Waals surface area contributed by atoms with Gasteiger partial charge in [-0.25, -0.2) is 4.39 Å². The molecule has 2 bridgehead atoms. The van der Waals surface area contributed by atoms with Crippen LogP contribution >= 0.6 is 0 Å². The summed E-state index contributed by atoms with van der Waals surface area (Å²) in [6.07, 6.45) is 15.3. The normalized spacial score (nSPS) is 26.6. The van der Waals surface area contributed by atoms with Gasteiger partial charge in [-0.3, -0.25) is 9.88 Å². The topological polar surface area (TPSA) is 86.6 Å². The summed E-state index contributed by atoms with van der Waals surface area (Å²) in [5, 5.41) is 16.2. The van der Waals surface area contributed by atoms with Crippen LogP contribution in [-0.2, 0) is 0 Å². The molecule has 4 aliphatic heterocycles. The Balaban J connectivity index is 1.17. The Bertz CT molecular complexity index is 1960. The lowest BCUT2D eigenvalue weighted by Gasteiger charge is -2.35. The largest absolute Gasteiger partial charge is 0.508 e. The Hall–Kier alpha value is -4.26. The van der Waals surface area contributed by atoms with Crippen LogP contribution in [0, 0.1) is 18.2 Å². The van der Waals surface area contributed by atoms with E-state index in [0.717, 1.165) is 45.3 Å². The zero-order chi connectivity index (χ0) is 30.5. The lowest BCUT2D eigenvalue weighted by Crippen LogP contribution is -2.51. The number of aromatic hydroxyl groups is 1. The summed E-state index contributed by atoms with van der Waals surface area (Å²) in [5.41, 5.74) is 2.66. The van der Waals surface area contributed by atoms with Gasteiger partial charge in [0.1, 0.15) is 29.4 Å². The number of aromatic nitrogens is 3. The first-order chi connectivity index (χ1) is 21.8. The summed E-state index contributed by atoms with van der Waals surface area (Å²) in [6, 6.07) is 9.52. The minimum absolute atomic E-state index is 0.00335. The SMILES string of the molecule is C#Cc1cccc2cc(O)cc(-c3ncc4c(N5C[C@H]6CC[C@@H](C5)N6)nc(OCC56CCC7(CC7)N5CC(=C)C6)nc4c3F)c12. The molecule has 1 aliphatic carbocycles. The highest BCUT2D eigenvalue weighted by atomic mass is 19.1. The van der Waals surface area contributed by atoms with Gasteiger partial charge in [-0.15, -0.1) is 6.42 Å². The Morgan fingerprint density at radius 1 is 1.13 bits per heavy atom. The Kier molecular flexibility index (Phi) is 5.79. The average molecular weight is 603 g/mol. The first-order valence-electron chi connectivity index (χ1n) is 16.0. The van der Waals surface area contributed by atoms with Crippen molar-refractivity contribution in [2.24, 2.45) is 0 Å². The molecule has 3 atom stereocenters. The third-order valence-electron chi connectivity index (χ3n) is 11.0.